The van der Waals surface area contributed by atoms with E-state index in [4.69, 9.17) is 4.74 Å². The number of rotatable bonds is 6. The van der Waals surface area contributed by atoms with Crippen LogP contribution in [0.1, 0.15) is 11.1 Å². The number of carbonyl (C=O) groups is 1. The summed E-state index contributed by atoms with van der Waals surface area (Å²) < 4.78 is 7.83. The van der Waals surface area contributed by atoms with Crippen molar-refractivity contribution in [3.05, 3.63) is 47.5 Å². The Kier molecular flexibility index (Phi) is 5.45. The highest BCUT2D eigenvalue weighted by Gasteiger charge is 2.14. The molecule has 10 heteroatoms. The van der Waals surface area contributed by atoms with Gasteiger partial charge in [-0.1, -0.05) is 35.2 Å². The number of anilines is 1. The average Bonchev–Trinajstić information content (AvgIpc) is 3.33. The summed E-state index contributed by atoms with van der Waals surface area (Å²) in [6.45, 7) is 4.01. The van der Waals surface area contributed by atoms with Gasteiger partial charge >= 0.3 is 0 Å². The van der Waals surface area contributed by atoms with Crippen LogP contribution in [-0.2, 0) is 4.79 Å². The molecule has 0 aliphatic rings. The fourth-order valence-corrected chi connectivity index (χ4v) is 4.33. The quantitative estimate of drug-likeness (QED) is 0.471. The predicted molar refractivity (Wildman–Crippen MR) is 114 cm³/mol. The van der Waals surface area contributed by atoms with Crippen LogP contribution in [-0.4, -0.2) is 44.0 Å². The minimum absolute atomic E-state index is 0.170. The number of amides is 1. The summed E-state index contributed by atoms with van der Waals surface area (Å²) >= 11 is 2.68. The van der Waals surface area contributed by atoms with Gasteiger partial charge in [-0.05, 0) is 59.7 Å². The van der Waals surface area contributed by atoms with Crippen LogP contribution < -0.4 is 10.1 Å². The Balaban J connectivity index is 1.44. The molecular formula is C19H18N6O2S2. The lowest BCUT2D eigenvalue weighted by atomic mass is 10.1. The van der Waals surface area contributed by atoms with E-state index < -0.39 is 0 Å². The maximum absolute atomic E-state index is 12.4. The van der Waals surface area contributed by atoms with E-state index in [1.165, 1.54) is 23.1 Å². The molecule has 2 heterocycles. The van der Waals surface area contributed by atoms with Gasteiger partial charge in [-0.15, -0.1) is 5.10 Å². The molecule has 29 heavy (non-hydrogen) atoms. The number of aromatic nitrogens is 5. The van der Waals surface area contributed by atoms with Gasteiger partial charge < -0.3 is 10.1 Å². The first-order valence-corrected chi connectivity index (χ1v) is 10.6. The van der Waals surface area contributed by atoms with Crippen LogP contribution >= 0.6 is 23.1 Å². The third kappa shape index (κ3) is 4.22. The molecule has 148 valence electrons. The lowest BCUT2D eigenvalue weighted by molar-refractivity contribution is -0.113. The number of hydrogen-bond acceptors (Lipinski definition) is 8. The molecule has 1 amide bonds. The molecule has 2 aromatic carbocycles. The highest BCUT2D eigenvalue weighted by atomic mass is 32.2. The van der Waals surface area contributed by atoms with Gasteiger partial charge in [-0.3, -0.25) is 4.79 Å². The zero-order chi connectivity index (χ0) is 20.4. The van der Waals surface area contributed by atoms with E-state index in [9.17, 15) is 4.79 Å². The molecule has 0 saturated carbocycles. The Hall–Kier alpha value is -2.98. The fraction of sp³-hybridized carbons (Fsp3) is 0.211. The number of nitrogens with zero attached hydrogens (tertiary/aromatic N) is 5. The van der Waals surface area contributed by atoms with Gasteiger partial charge in [-0.2, -0.15) is 4.68 Å². The summed E-state index contributed by atoms with van der Waals surface area (Å²) in [5, 5.41) is 15.8. The van der Waals surface area contributed by atoms with Crippen molar-refractivity contribution in [3.63, 3.8) is 0 Å². The molecule has 0 fully saturated rings. The number of carbonyl (C=O) groups excluding carboxylic acids is 1. The van der Waals surface area contributed by atoms with Gasteiger partial charge in [0.2, 0.25) is 11.1 Å². The summed E-state index contributed by atoms with van der Waals surface area (Å²) in [5.41, 5.74) is 3.89. The Labute approximate surface area is 175 Å². The molecule has 8 nitrogen and oxygen atoms in total. The maximum atomic E-state index is 12.4. The number of hydrogen-bond donors (Lipinski definition) is 1. The molecule has 0 spiro atoms. The van der Waals surface area contributed by atoms with Crippen molar-refractivity contribution in [1.82, 2.24) is 25.2 Å². The van der Waals surface area contributed by atoms with E-state index in [0.29, 0.717) is 10.3 Å². The summed E-state index contributed by atoms with van der Waals surface area (Å²) in [6, 6.07) is 11.7. The molecular weight excluding hydrogens is 408 g/mol. The van der Waals surface area contributed by atoms with Crippen molar-refractivity contribution in [2.45, 2.75) is 19.0 Å². The predicted octanol–water partition coefficient (Wildman–Crippen LogP) is 3.63. The second-order valence-corrected chi connectivity index (χ2v) is 8.33. The van der Waals surface area contributed by atoms with Gasteiger partial charge in [-0.25, -0.2) is 4.98 Å². The van der Waals surface area contributed by atoms with Gasteiger partial charge in [0.15, 0.2) is 5.13 Å². The molecule has 0 saturated heterocycles. The Bertz CT molecular complexity index is 1190. The SMILES string of the molecule is COc1ccc2nc(NC(=O)CSc3nnnn3-c3cc(C)ccc3C)sc2c1. The zero-order valence-electron chi connectivity index (χ0n) is 16.0. The van der Waals surface area contributed by atoms with Crippen molar-refractivity contribution in [1.29, 1.82) is 0 Å². The third-order valence-corrected chi connectivity index (χ3v) is 6.06. The number of benzene rings is 2. The minimum atomic E-state index is -0.170. The summed E-state index contributed by atoms with van der Waals surface area (Å²) in [7, 11) is 1.62. The number of nitrogens with one attached hydrogen (secondary N) is 1. The lowest BCUT2D eigenvalue weighted by Crippen LogP contribution is -2.14. The van der Waals surface area contributed by atoms with Gasteiger partial charge in [0.05, 0.1) is 28.8 Å². The number of tetrazole rings is 1. The number of methoxy groups -OCH3 is 1. The van der Waals surface area contributed by atoms with Gasteiger partial charge in [0.1, 0.15) is 5.75 Å². The highest BCUT2D eigenvalue weighted by molar-refractivity contribution is 7.99. The number of thiazole rings is 1. The topological polar surface area (TPSA) is 94.8 Å². The van der Waals surface area contributed by atoms with Crippen LogP contribution in [0.15, 0.2) is 41.6 Å². The molecule has 4 aromatic rings. The van der Waals surface area contributed by atoms with Crippen molar-refractivity contribution >= 4 is 44.4 Å². The van der Waals surface area contributed by atoms with Gasteiger partial charge in [0, 0.05) is 0 Å². The summed E-state index contributed by atoms with van der Waals surface area (Å²) in [5.74, 6) is 0.759. The van der Waals surface area contributed by atoms with Crippen LogP contribution in [0.2, 0.25) is 0 Å². The first-order chi connectivity index (χ1) is 14.0. The van der Waals surface area contributed by atoms with Crippen molar-refractivity contribution < 1.29 is 9.53 Å². The number of thioether (sulfide) groups is 1. The largest absolute Gasteiger partial charge is 0.497 e. The first-order valence-electron chi connectivity index (χ1n) is 8.77. The molecule has 0 aliphatic heterocycles. The number of ether oxygens (including phenoxy) is 1. The van der Waals surface area contributed by atoms with Crippen molar-refractivity contribution in [2.24, 2.45) is 0 Å². The molecule has 0 aliphatic carbocycles. The molecule has 0 bridgehead atoms. The van der Waals surface area contributed by atoms with Crippen LogP contribution in [0.4, 0.5) is 5.13 Å². The van der Waals surface area contributed by atoms with E-state index in [2.05, 4.69) is 25.8 Å². The molecule has 4 rings (SSSR count). The Morgan fingerprint density at radius 3 is 2.93 bits per heavy atom. The summed E-state index contributed by atoms with van der Waals surface area (Å²) in [6.07, 6.45) is 0. The van der Waals surface area contributed by atoms with E-state index >= 15 is 0 Å². The minimum Gasteiger partial charge on any atom is -0.497 e. The first kappa shape index (κ1) is 19.3. The van der Waals surface area contributed by atoms with Crippen LogP contribution in [0.3, 0.4) is 0 Å². The van der Waals surface area contributed by atoms with Crippen molar-refractivity contribution in [3.8, 4) is 11.4 Å². The lowest BCUT2D eigenvalue weighted by Gasteiger charge is -2.08. The number of fused-ring (bicyclic) bond motifs is 1. The highest BCUT2D eigenvalue weighted by Crippen LogP contribution is 2.29. The Morgan fingerprint density at radius 1 is 1.24 bits per heavy atom. The molecule has 0 unspecified atom stereocenters. The van der Waals surface area contributed by atoms with E-state index in [0.717, 1.165) is 32.8 Å². The molecule has 2 aromatic heterocycles. The molecule has 0 radical (unpaired) electrons. The van der Waals surface area contributed by atoms with E-state index in [1.54, 1.807) is 11.8 Å². The Morgan fingerprint density at radius 2 is 2.10 bits per heavy atom. The van der Waals surface area contributed by atoms with Crippen LogP contribution in [0.25, 0.3) is 15.9 Å². The summed E-state index contributed by atoms with van der Waals surface area (Å²) in [4.78, 5) is 16.8. The van der Waals surface area contributed by atoms with E-state index in [-0.39, 0.29) is 11.7 Å². The van der Waals surface area contributed by atoms with Gasteiger partial charge in [0.25, 0.3) is 0 Å². The molecule has 0 atom stereocenters. The van der Waals surface area contributed by atoms with Crippen LogP contribution in [0, 0.1) is 13.8 Å². The van der Waals surface area contributed by atoms with E-state index in [1.807, 2.05) is 50.2 Å². The second kappa shape index (κ2) is 8.18. The average molecular weight is 427 g/mol. The smallest absolute Gasteiger partial charge is 0.236 e. The fourth-order valence-electron chi connectivity index (χ4n) is 2.74. The normalized spacial score (nSPS) is 11.0. The molecule has 1 N–H and O–H groups in total. The zero-order valence-corrected chi connectivity index (χ0v) is 17.7. The van der Waals surface area contributed by atoms with Crippen LogP contribution in [0.5, 0.6) is 5.75 Å². The van der Waals surface area contributed by atoms with Crippen molar-refractivity contribution in [2.75, 3.05) is 18.2 Å². The number of aryl methyl sites for hydroxylation is 2. The maximum Gasteiger partial charge on any atom is 0.236 e. The standard InChI is InChI=1S/C19H18N6O2S2/c1-11-4-5-12(2)15(8-11)25-19(22-23-24-25)28-10-17(26)21-18-20-14-7-6-13(27-3)9-16(14)29-18/h4-9H,10H2,1-3H3,(H,20,21,26). The monoisotopic (exact) mass is 426 g/mol. The third-order valence-electron chi connectivity index (χ3n) is 4.21. The second-order valence-electron chi connectivity index (χ2n) is 6.35.